The number of aryl methyl sites for hydroxylation is 1. The van der Waals surface area contributed by atoms with Gasteiger partial charge in [-0.15, -0.1) is 0 Å². The molecule has 7 nitrogen and oxygen atoms in total. The number of halogens is 3. The number of hydrogen-bond donors (Lipinski definition) is 1. The molecule has 0 spiro atoms. The molecule has 0 unspecified atom stereocenters. The molecule has 1 aromatic carbocycles. The summed E-state index contributed by atoms with van der Waals surface area (Å²) in [7, 11) is -3.79. The van der Waals surface area contributed by atoms with Crippen LogP contribution in [0.4, 0.5) is 0 Å². The molecule has 1 aliphatic rings. The first-order valence-electron chi connectivity index (χ1n) is 9.24. The SMILES string of the molecule is O=C(NCCCn1cc(Cl)cn1)c1cc(S(=O)(=O)N2CCCCC2)c(Cl)cc1Cl. The lowest BCUT2D eigenvalue weighted by Crippen LogP contribution is -2.36. The second-order valence-electron chi connectivity index (χ2n) is 6.76. The molecule has 2 heterocycles. The van der Waals surface area contributed by atoms with E-state index in [-0.39, 0.29) is 20.5 Å². The van der Waals surface area contributed by atoms with Crippen LogP contribution in [-0.2, 0) is 16.6 Å². The highest BCUT2D eigenvalue weighted by molar-refractivity contribution is 7.89. The Hall–Kier alpha value is -1.32. The number of rotatable bonds is 7. The Labute approximate surface area is 185 Å². The molecule has 158 valence electrons. The number of hydrogen-bond acceptors (Lipinski definition) is 4. The van der Waals surface area contributed by atoms with Crippen molar-refractivity contribution in [2.45, 2.75) is 37.1 Å². The van der Waals surface area contributed by atoms with E-state index in [0.717, 1.165) is 19.3 Å². The van der Waals surface area contributed by atoms with E-state index in [1.165, 1.54) is 22.6 Å². The van der Waals surface area contributed by atoms with Crippen molar-refractivity contribution in [1.82, 2.24) is 19.4 Å². The molecule has 29 heavy (non-hydrogen) atoms. The van der Waals surface area contributed by atoms with Crippen molar-refractivity contribution in [2.24, 2.45) is 0 Å². The van der Waals surface area contributed by atoms with Gasteiger partial charge in [0.1, 0.15) is 4.90 Å². The summed E-state index contributed by atoms with van der Waals surface area (Å²) < 4.78 is 29.0. The summed E-state index contributed by atoms with van der Waals surface area (Å²) in [6.45, 7) is 1.83. The van der Waals surface area contributed by atoms with Crippen LogP contribution < -0.4 is 5.32 Å². The van der Waals surface area contributed by atoms with Gasteiger partial charge in [0, 0.05) is 32.4 Å². The summed E-state index contributed by atoms with van der Waals surface area (Å²) in [5.41, 5.74) is 0.0776. The fourth-order valence-electron chi connectivity index (χ4n) is 3.14. The van der Waals surface area contributed by atoms with E-state index in [1.54, 1.807) is 10.9 Å². The minimum absolute atomic E-state index is 0.00712. The van der Waals surface area contributed by atoms with Crippen LogP contribution in [0.1, 0.15) is 36.0 Å². The summed E-state index contributed by atoms with van der Waals surface area (Å²) >= 11 is 18.1. The zero-order chi connectivity index (χ0) is 21.0. The third kappa shape index (κ3) is 5.44. The molecule has 1 aliphatic heterocycles. The minimum atomic E-state index is -3.79. The second kappa shape index (κ2) is 9.66. The lowest BCUT2D eigenvalue weighted by molar-refractivity contribution is 0.0952. The molecule has 1 saturated heterocycles. The number of benzene rings is 1. The number of carbonyl (C=O) groups is 1. The zero-order valence-electron chi connectivity index (χ0n) is 15.6. The van der Waals surface area contributed by atoms with Crippen LogP contribution in [0, 0.1) is 0 Å². The van der Waals surface area contributed by atoms with Crippen molar-refractivity contribution in [3.8, 4) is 0 Å². The molecule has 0 aliphatic carbocycles. The van der Waals surface area contributed by atoms with Crippen molar-refractivity contribution in [1.29, 1.82) is 0 Å². The molecule has 1 N–H and O–H groups in total. The van der Waals surface area contributed by atoms with Gasteiger partial charge < -0.3 is 5.32 Å². The quantitative estimate of drug-likeness (QED) is 0.612. The Balaban J connectivity index is 1.70. The second-order valence-corrected chi connectivity index (χ2v) is 9.92. The van der Waals surface area contributed by atoms with E-state index in [0.29, 0.717) is 37.6 Å². The molecule has 1 aromatic heterocycles. The predicted molar refractivity (Wildman–Crippen MR) is 113 cm³/mol. The molecular formula is C18H21Cl3N4O3S. The highest BCUT2D eigenvalue weighted by Gasteiger charge is 2.29. The van der Waals surface area contributed by atoms with Crippen molar-refractivity contribution in [2.75, 3.05) is 19.6 Å². The first-order valence-corrected chi connectivity index (χ1v) is 11.8. The molecule has 0 radical (unpaired) electrons. The number of amides is 1. The third-order valence-electron chi connectivity index (χ3n) is 4.65. The van der Waals surface area contributed by atoms with Crippen LogP contribution in [-0.4, -0.2) is 48.0 Å². The van der Waals surface area contributed by atoms with Crippen LogP contribution in [0.15, 0.2) is 29.4 Å². The lowest BCUT2D eigenvalue weighted by Gasteiger charge is -2.26. The Kier molecular flexibility index (Phi) is 7.45. The van der Waals surface area contributed by atoms with Crippen LogP contribution >= 0.6 is 34.8 Å². The van der Waals surface area contributed by atoms with Gasteiger partial charge in [-0.25, -0.2) is 8.42 Å². The summed E-state index contributed by atoms with van der Waals surface area (Å²) in [6.07, 6.45) is 6.46. The van der Waals surface area contributed by atoms with E-state index < -0.39 is 15.9 Å². The number of nitrogens with zero attached hydrogens (tertiary/aromatic N) is 3. The fourth-order valence-corrected chi connectivity index (χ4v) is 5.65. The Bertz CT molecular complexity index is 988. The number of sulfonamides is 1. The van der Waals surface area contributed by atoms with Crippen molar-refractivity contribution < 1.29 is 13.2 Å². The third-order valence-corrected chi connectivity index (χ3v) is 7.52. The van der Waals surface area contributed by atoms with Crippen LogP contribution in [0.3, 0.4) is 0 Å². The Morgan fingerprint density at radius 3 is 2.48 bits per heavy atom. The summed E-state index contributed by atoms with van der Waals surface area (Å²) in [6, 6.07) is 2.57. The van der Waals surface area contributed by atoms with Gasteiger partial charge >= 0.3 is 0 Å². The van der Waals surface area contributed by atoms with Crippen molar-refractivity contribution in [3.05, 3.63) is 45.2 Å². The number of nitrogens with one attached hydrogen (secondary N) is 1. The smallest absolute Gasteiger partial charge is 0.252 e. The molecule has 1 amide bonds. The van der Waals surface area contributed by atoms with Gasteiger partial charge in [0.15, 0.2) is 0 Å². The van der Waals surface area contributed by atoms with E-state index in [9.17, 15) is 13.2 Å². The molecule has 2 aromatic rings. The highest BCUT2D eigenvalue weighted by Crippen LogP contribution is 2.31. The van der Waals surface area contributed by atoms with Crippen molar-refractivity contribution >= 4 is 50.7 Å². The first kappa shape index (κ1) is 22.4. The number of carbonyl (C=O) groups excluding carboxylic acids is 1. The Morgan fingerprint density at radius 2 is 1.83 bits per heavy atom. The summed E-state index contributed by atoms with van der Waals surface area (Å²) in [4.78, 5) is 12.5. The molecular weight excluding hydrogens is 459 g/mol. The fraction of sp³-hybridized carbons (Fsp3) is 0.444. The van der Waals surface area contributed by atoms with Gasteiger partial charge in [0.05, 0.1) is 26.8 Å². The van der Waals surface area contributed by atoms with Crippen LogP contribution in [0.25, 0.3) is 0 Å². The average Bonchev–Trinajstić information content (AvgIpc) is 3.10. The topological polar surface area (TPSA) is 84.3 Å². The maximum atomic E-state index is 13.0. The zero-order valence-corrected chi connectivity index (χ0v) is 18.7. The van der Waals surface area contributed by atoms with Gasteiger partial charge in [0.25, 0.3) is 5.91 Å². The van der Waals surface area contributed by atoms with E-state index in [2.05, 4.69) is 10.4 Å². The van der Waals surface area contributed by atoms with Gasteiger partial charge in [-0.2, -0.15) is 9.40 Å². The van der Waals surface area contributed by atoms with Gasteiger partial charge in [-0.3, -0.25) is 9.48 Å². The summed E-state index contributed by atoms with van der Waals surface area (Å²) in [5.74, 6) is -0.458. The molecule has 0 atom stereocenters. The largest absolute Gasteiger partial charge is 0.352 e. The van der Waals surface area contributed by atoms with Gasteiger partial charge in [0.2, 0.25) is 10.0 Å². The lowest BCUT2D eigenvalue weighted by atomic mass is 10.2. The molecule has 11 heteroatoms. The van der Waals surface area contributed by atoms with E-state index in [1.807, 2.05) is 0 Å². The van der Waals surface area contributed by atoms with Crippen LogP contribution in [0.5, 0.6) is 0 Å². The molecule has 1 fully saturated rings. The maximum Gasteiger partial charge on any atom is 0.252 e. The summed E-state index contributed by atoms with van der Waals surface area (Å²) in [5, 5.41) is 7.46. The first-order chi connectivity index (χ1) is 13.8. The molecule has 3 rings (SSSR count). The maximum absolute atomic E-state index is 13.0. The minimum Gasteiger partial charge on any atom is -0.352 e. The van der Waals surface area contributed by atoms with Crippen molar-refractivity contribution in [3.63, 3.8) is 0 Å². The standard InChI is InChI=1S/C18H21Cl3N4O3S/c19-13-11-23-24(12-13)6-4-5-22-18(26)14-9-17(16(21)10-15(14)20)29(27,28)25-7-2-1-3-8-25/h9-12H,1-8H2,(H,22,26). The van der Waals surface area contributed by atoms with Gasteiger partial charge in [-0.05, 0) is 31.4 Å². The highest BCUT2D eigenvalue weighted by atomic mass is 35.5. The number of piperidine rings is 1. The van der Waals surface area contributed by atoms with E-state index >= 15 is 0 Å². The number of aromatic nitrogens is 2. The average molecular weight is 480 g/mol. The molecule has 0 saturated carbocycles. The normalized spacial score (nSPS) is 15.4. The Morgan fingerprint density at radius 1 is 1.10 bits per heavy atom. The van der Waals surface area contributed by atoms with E-state index in [4.69, 9.17) is 34.8 Å². The van der Waals surface area contributed by atoms with Gasteiger partial charge in [-0.1, -0.05) is 41.2 Å². The molecule has 0 bridgehead atoms. The van der Waals surface area contributed by atoms with Crippen LogP contribution in [0.2, 0.25) is 15.1 Å². The predicted octanol–water partition coefficient (Wildman–Crippen LogP) is 3.84. The monoisotopic (exact) mass is 478 g/mol.